The molecule has 0 amide bonds. The van der Waals surface area contributed by atoms with Crippen molar-refractivity contribution in [2.24, 2.45) is 0 Å². The molecule has 0 aliphatic rings. The van der Waals surface area contributed by atoms with Crippen LogP contribution in [0.15, 0.2) is 52.0 Å². The molecule has 25 heavy (non-hydrogen) atoms. The quantitative estimate of drug-likeness (QED) is 0.567. The van der Waals surface area contributed by atoms with Gasteiger partial charge in [-0.2, -0.15) is 4.68 Å². The Kier molecular flexibility index (Phi) is 4.12. The Morgan fingerprint density at radius 3 is 2.72 bits per heavy atom. The predicted octanol–water partition coefficient (Wildman–Crippen LogP) is 3.77. The van der Waals surface area contributed by atoms with Crippen LogP contribution in [0.5, 0.6) is 0 Å². The number of para-hydroxylation sites is 1. The van der Waals surface area contributed by atoms with E-state index in [1.165, 1.54) is 39.9 Å². The second-order valence-corrected chi connectivity index (χ2v) is 7.55. The summed E-state index contributed by atoms with van der Waals surface area (Å²) in [6, 6.07) is 11.9. The van der Waals surface area contributed by atoms with Crippen LogP contribution in [0.1, 0.15) is 10.4 Å². The van der Waals surface area contributed by atoms with Gasteiger partial charge in [-0.15, -0.1) is 16.4 Å². The summed E-state index contributed by atoms with van der Waals surface area (Å²) in [4.78, 5) is 15.5. The van der Waals surface area contributed by atoms with Gasteiger partial charge in [0, 0.05) is 0 Å². The fourth-order valence-corrected chi connectivity index (χ4v) is 4.42. The molecule has 0 fully saturated rings. The number of carboxylic acid groups (broad SMARTS) is 1. The molecule has 124 valence electrons. The number of benzene rings is 2. The Morgan fingerprint density at radius 1 is 1.20 bits per heavy atom. The number of nitrogens with zero attached hydrogens (tertiary/aromatic N) is 5. The van der Waals surface area contributed by atoms with Gasteiger partial charge in [-0.25, -0.2) is 9.78 Å². The number of rotatable bonds is 4. The van der Waals surface area contributed by atoms with Crippen LogP contribution in [0, 0.1) is 0 Å². The van der Waals surface area contributed by atoms with Crippen molar-refractivity contribution in [1.82, 2.24) is 25.2 Å². The van der Waals surface area contributed by atoms with Crippen molar-refractivity contribution in [2.45, 2.75) is 9.50 Å². The van der Waals surface area contributed by atoms with Crippen molar-refractivity contribution in [2.75, 3.05) is 0 Å². The number of aromatic carboxylic acids is 1. The Labute approximate surface area is 154 Å². The van der Waals surface area contributed by atoms with Gasteiger partial charge in [-0.1, -0.05) is 17.7 Å². The molecular formula is C15H8ClN5O2S2. The van der Waals surface area contributed by atoms with Gasteiger partial charge in [-0.05, 0) is 58.6 Å². The van der Waals surface area contributed by atoms with Gasteiger partial charge in [0.1, 0.15) is 5.52 Å². The van der Waals surface area contributed by atoms with E-state index in [9.17, 15) is 4.79 Å². The van der Waals surface area contributed by atoms with Crippen LogP contribution in [0.4, 0.5) is 0 Å². The highest BCUT2D eigenvalue weighted by molar-refractivity contribution is 8.01. The number of aromatic nitrogens is 5. The van der Waals surface area contributed by atoms with Crippen LogP contribution >= 0.6 is 34.7 Å². The SMILES string of the molecule is O=C(O)c1ccc(-n2nnnc2Sc2nc3c(Cl)cccc3s2)cc1. The highest BCUT2D eigenvalue weighted by atomic mass is 35.5. The summed E-state index contributed by atoms with van der Waals surface area (Å²) in [5.74, 6) is -0.982. The van der Waals surface area contributed by atoms with Crippen LogP contribution in [-0.4, -0.2) is 36.3 Å². The van der Waals surface area contributed by atoms with Crippen molar-refractivity contribution in [1.29, 1.82) is 0 Å². The van der Waals surface area contributed by atoms with Crippen LogP contribution in [0.25, 0.3) is 15.9 Å². The highest BCUT2D eigenvalue weighted by Gasteiger charge is 2.15. The van der Waals surface area contributed by atoms with E-state index >= 15 is 0 Å². The smallest absolute Gasteiger partial charge is 0.335 e. The summed E-state index contributed by atoms with van der Waals surface area (Å²) in [5, 5.41) is 21.8. The third-order valence-electron chi connectivity index (χ3n) is 3.33. The molecule has 1 N–H and O–H groups in total. The molecule has 2 aromatic heterocycles. The van der Waals surface area contributed by atoms with Crippen LogP contribution in [0.2, 0.25) is 5.02 Å². The first-order valence-electron chi connectivity index (χ1n) is 6.97. The first-order chi connectivity index (χ1) is 12.1. The molecule has 4 aromatic rings. The molecule has 0 saturated carbocycles. The van der Waals surface area contributed by atoms with E-state index in [0.29, 0.717) is 15.9 Å². The van der Waals surface area contributed by atoms with E-state index in [2.05, 4.69) is 20.5 Å². The Balaban J connectivity index is 1.66. The molecular weight excluding hydrogens is 382 g/mol. The van der Waals surface area contributed by atoms with Crippen LogP contribution in [0.3, 0.4) is 0 Å². The fraction of sp³-hybridized carbons (Fsp3) is 0. The normalized spacial score (nSPS) is 11.1. The molecule has 0 saturated heterocycles. The van der Waals surface area contributed by atoms with E-state index in [0.717, 1.165) is 14.6 Å². The summed E-state index contributed by atoms with van der Waals surface area (Å²) < 4.78 is 3.28. The Bertz CT molecular complexity index is 1080. The molecule has 2 heterocycles. The molecule has 0 aliphatic heterocycles. The fourth-order valence-electron chi connectivity index (χ4n) is 2.17. The second-order valence-electron chi connectivity index (χ2n) is 4.89. The predicted molar refractivity (Wildman–Crippen MR) is 94.9 cm³/mol. The lowest BCUT2D eigenvalue weighted by Gasteiger charge is -2.03. The summed E-state index contributed by atoms with van der Waals surface area (Å²) >= 11 is 8.98. The first-order valence-corrected chi connectivity index (χ1v) is 8.98. The zero-order valence-corrected chi connectivity index (χ0v) is 14.7. The van der Waals surface area contributed by atoms with Gasteiger partial charge < -0.3 is 5.11 Å². The van der Waals surface area contributed by atoms with E-state index in [1.807, 2.05) is 12.1 Å². The van der Waals surface area contributed by atoms with Gasteiger partial charge >= 0.3 is 5.97 Å². The molecule has 2 aromatic carbocycles. The number of carboxylic acids is 1. The van der Waals surface area contributed by atoms with E-state index in [-0.39, 0.29) is 5.56 Å². The number of hydrogen-bond donors (Lipinski definition) is 1. The number of fused-ring (bicyclic) bond motifs is 1. The molecule has 0 spiro atoms. The number of halogens is 1. The Morgan fingerprint density at radius 2 is 2.00 bits per heavy atom. The number of tetrazole rings is 1. The third-order valence-corrected chi connectivity index (χ3v) is 5.65. The van der Waals surface area contributed by atoms with Crippen molar-refractivity contribution < 1.29 is 9.90 Å². The zero-order chi connectivity index (χ0) is 17.4. The second kappa shape index (κ2) is 6.43. The first kappa shape index (κ1) is 16.0. The molecule has 0 atom stereocenters. The minimum Gasteiger partial charge on any atom is -0.478 e. The molecule has 0 unspecified atom stereocenters. The summed E-state index contributed by atoms with van der Waals surface area (Å²) in [6.45, 7) is 0. The monoisotopic (exact) mass is 389 g/mol. The van der Waals surface area contributed by atoms with E-state index in [4.69, 9.17) is 16.7 Å². The molecule has 0 radical (unpaired) electrons. The summed E-state index contributed by atoms with van der Waals surface area (Å²) in [5.41, 5.74) is 1.62. The highest BCUT2D eigenvalue weighted by Crippen LogP contribution is 2.36. The van der Waals surface area contributed by atoms with Crippen molar-refractivity contribution in [3.8, 4) is 5.69 Å². The van der Waals surface area contributed by atoms with Crippen LogP contribution < -0.4 is 0 Å². The average molecular weight is 390 g/mol. The topological polar surface area (TPSA) is 93.8 Å². The molecule has 7 nitrogen and oxygen atoms in total. The lowest BCUT2D eigenvalue weighted by atomic mass is 10.2. The minimum atomic E-state index is -0.982. The maximum absolute atomic E-state index is 11.0. The standard InChI is InChI=1S/C15H8ClN5O2S2/c16-10-2-1-3-11-12(10)17-15(24-11)25-14-18-19-20-21(14)9-6-4-8(5-7-9)13(22)23/h1-7H,(H,22,23). The van der Waals surface area contributed by atoms with Gasteiger partial charge in [0.15, 0.2) is 4.34 Å². The maximum Gasteiger partial charge on any atom is 0.335 e. The zero-order valence-electron chi connectivity index (χ0n) is 12.3. The number of hydrogen-bond acceptors (Lipinski definition) is 7. The Hall–Kier alpha value is -2.49. The molecule has 0 aliphatic carbocycles. The third kappa shape index (κ3) is 3.09. The average Bonchev–Trinajstić information content (AvgIpc) is 3.22. The van der Waals surface area contributed by atoms with Gasteiger partial charge in [-0.3, -0.25) is 0 Å². The van der Waals surface area contributed by atoms with Crippen molar-refractivity contribution in [3.05, 3.63) is 53.1 Å². The van der Waals surface area contributed by atoms with E-state index < -0.39 is 5.97 Å². The van der Waals surface area contributed by atoms with Gasteiger partial charge in [0.25, 0.3) is 0 Å². The summed E-state index contributed by atoms with van der Waals surface area (Å²) in [7, 11) is 0. The van der Waals surface area contributed by atoms with Crippen molar-refractivity contribution >= 4 is 50.9 Å². The lowest BCUT2D eigenvalue weighted by molar-refractivity contribution is 0.0697. The number of carbonyl (C=O) groups is 1. The maximum atomic E-state index is 11.0. The van der Waals surface area contributed by atoms with Gasteiger partial charge in [0.2, 0.25) is 5.16 Å². The van der Waals surface area contributed by atoms with Crippen LogP contribution in [-0.2, 0) is 0 Å². The van der Waals surface area contributed by atoms with E-state index in [1.54, 1.807) is 18.2 Å². The lowest BCUT2D eigenvalue weighted by Crippen LogP contribution is -2.01. The minimum absolute atomic E-state index is 0.201. The summed E-state index contributed by atoms with van der Waals surface area (Å²) in [6.07, 6.45) is 0. The van der Waals surface area contributed by atoms with Crippen molar-refractivity contribution in [3.63, 3.8) is 0 Å². The molecule has 0 bridgehead atoms. The largest absolute Gasteiger partial charge is 0.478 e. The molecule has 10 heteroatoms. The number of thiazole rings is 1. The molecule has 4 rings (SSSR count). The van der Waals surface area contributed by atoms with Gasteiger partial charge in [0.05, 0.1) is 21.0 Å².